The number of benzene rings is 2. The van der Waals surface area contributed by atoms with Gasteiger partial charge in [0.1, 0.15) is 0 Å². The highest BCUT2D eigenvalue weighted by atomic mass is 79.9. The zero-order valence-corrected chi connectivity index (χ0v) is 14.4. The maximum absolute atomic E-state index is 12.3. The van der Waals surface area contributed by atoms with E-state index in [1.165, 1.54) is 4.80 Å². The van der Waals surface area contributed by atoms with Crippen LogP contribution in [-0.2, 0) is 0 Å². The molecule has 0 unspecified atom stereocenters. The molecule has 1 N–H and O–H groups in total. The number of nitrogens with one attached hydrogen (secondary N) is 1. The lowest BCUT2D eigenvalue weighted by Crippen LogP contribution is -2.14. The lowest BCUT2D eigenvalue weighted by Gasteiger charge is -2.03. The Morgan fingerprint density at radius 2 is 1.92 bits per heavy atom. The number of amides is 1. The molecule has 2 aromatic heterocycles. The van der Waals surface area contributed by atoms with Crippen LogP contribution in [-0.4, -0.2) is 31.1 Å². The summed E-state index contributed by atoms with van der Waals surface area (Å²) in [6, 6.07) is 16.6. The first-order chi connectivity index (χ1) is 12.2. The van der Waals surface area contributed by atoms with Gasteiger partial charge in [-0.1, -0.05) is 22.0 Å². The summed E-state index contributed by atoms with van der Waals surface area (Å²) in [4.78, 5) is 17.9. The van der Waals surface area contributed by atoms with Crippen LogP contribution in [0.25, 0.3) is 16.6 Å². The molecule has 0 aliphatic rings. The Kier molecular flexibility index (Phi) is 3.95. The number of pyridine rings is 1. The van der Waals surface area contributed by atoms with Gasteiger partial charge in [-0.25, -0.2) is 0 Å². The van der Waals surface area contributed by atoms with Crippen molar-refractivity contribution in [2.45, 2.75) is 0 Å². The summed E-state index contributed by atoms with van der Waals surface area (Å²) in [6.07, 6.45) is 1.73. The highest BCUT2D eigenvalue weighted by molar-refractivity contribution is 9.10. The van der Waals surface area contributed by atoms with Crippen molar-refractivity contribution in [3.63, 3.8) is 0 Å². The van der Waals surface area contributed by atoms with Gasteiger partial charge in [-0.3, -0.25) is 9.78 Å². The van der Waals surface area contributed by atoms with Gasteiger partial charge in [0.05, 0.1) is 11.2 Å². The first-order valence-corrected chi connectivity index (χ1v) is 8.20. The topological polar surface area (TPSA) is 85.6 Å². The summed E-state index contributed by atoms with van der Waals surface area (Å²) in [5.41, 5.74) is 2.22. The van der Waals surface area contributed by atoms with E-state index in [9.17, 15) is 4.79 Å². The van der Waals surface area contributed by atoms with E-state index in [1.54, 1.807) is 12.3 Å². The second-order valence-corrected chi connectivity index (χ2v) is 6.16. The molecular formula is C17H11BrN6O. The second kappa shape index (κ2) is 6.40. The van der Waals surface area contributed by atoms with E-state index in [0.717, 1.165) is 15.4 Å². The molecule has 0 atom stereocenters. The number of anilines is 1. The molecule has 4 aromatic rings. The number of rotatable bonds is 3. The number of halogens is 1. The van der Waals surface area contributed by atoms with Crippen molar-refractivity contribution in [1.82, 2.24) is 25.2 Å². The Bertz CT molecular complexity index is 1060. The molecular weight excluding hydrogens is 384 g/mol. The van der Waals surface area contributed by atoms with E-state index in [1.807, 2.05) is 48.5 Å². The summed E-state index contributed by atoms with van der Waals surface area (Å²) < 4.78 is 0.945. The first-order valence-electron chi connectivity index (χ1n) is 7.41. The van der Waals surface area contributed by atoms with E-state index >= 15 is 0 Å². The quantitative estimate of drug-likeness (QED) is 0.576. The monoisotopic (exact) mass is 394 g/mol. The number of nitrogens with zero attached hydrogens (tertiary/aromatic N) is 5. The fourth-order valence-electron chi connectivity index (χ4n) is 2.33. The third kappa shape index (κ3) is 3.24. The van der Waals surface area contributed by atoms with Gasteiger partial charge in [0.15, 0.2) is 0 Å². The molecule has 0 aliphatic carbocycles. The molecule has 0 fully saturated rings. The second-order valence-electron chi connectivity index (χ2n) is 5.24. The lowest BCUT2D eigenvalue weighted by molar-refractivity contribution is 0.101. The number of carbonyl (C=O) groups is 1. The van der Waals surface area contributed by atoms with Crippen LogP contribution in [0.15, 0.2) is 65.3 Å². The maximum Gasteiger partial charge on any atom is 0.297 e. The Hall–Kier alpha value is -3.13. The molecule has 4 rings (SSSR count). The van der Waals surface area contributed by atoms with Crippen molar-refractivity contribution >= 4 is 38.4 Å². The molecule has 122 valence electrons. The SMILES string of the molecule is O=C(Nc1ccc2ncccc2c1)c1nnn(-c2ccc(Br)cc2)n1. The van der Waals surface area contributed by atoms with Crippen LogP contribution in [0.1, 0.15) is 10.6 Å². The Balaban J connectivity index is 1.55. The third-order valence-electron chi connectivity index (χ3n) is 3.54. The van der Waals surface area contributed by atoms with Crippen molar-refractivity contribution in [1.29, 1.82) is 0 Å². The molecule has 1 amide bonds. The van der Waals surface area contributed by atoms with Gasteiger partial charge < -0.3 is 5.32 Å². The molecule has 0 saturated carbocycles. The van der Waals surface area contributed by atoms with Gasteiger partial charge in [-0.2, -0.15) is 0 Å². The Morgan fingerprint density at radius 1 is 1.08 bits per heavy atom. The number of tetrazole rings is 1. The van der Waals surface area contributed by atoms with E-state index in [0.29, 0.717) is 11.4 Å². The summed E-state index contributed by atoms with van der Waals surface area (Å²) in [7, 11) is 0. The van der Waals surface area contributed by atoms with Crippen molar-refractivity contribution in [2.24, 2.45) is 0 Å². The molecule has 8 heteroatoms. The van der Waals surface area contributed by atoms with E-state index in [4.69, 9.17) is 0 Å². The number of aromatic nitrogens is 5. The molecule has 0 saturated heterocycles. The molecule has 25 heavy (non-hydrogen) atoms. The molecule has 0 spiro atoms. The number of hydrogen-bond acceptors (Lipinski definition) is 5. The average molecular weight is 395 g/mol. The highest BCUT2D eigenvalue weighted by Gasteiger charge is 2.14. The Morgan fingerprint density at radius 3 is 2.76 bits per heavy atom. The van der Waals surface area contributed by atoms with Crippen LogP contribution in [0.5, 0.6) is 0 Å². The Labute approximate surface area is 150 Å². The van der Waals surface area contributed by atoms with Crippen LogP contribution >= 0.6 is 15.9 Å². The molecule has 2 aromatic carbocycles. The summed E-state index contributed by atoms with van der Waals surface area (Å²) in [5.74, 6) is -0.430. The summed E-state index contributed by atoms with van der Waals surface area (Å²) in [6.45, 7) is 0. The van der Waals surface area contributed by atoms with E-state index in [-0.39, 0.29) is 5.82 Å². The standard InChI is InChI=1S/C17H11BrN6O/c18-12-3-6-14(7-4-12)24-22-16(21-23-24)17(25)20-13-5-8-15-11(10-13)2-1-9-19-15/h1-10H,(H,20,25). The van der Waals surface area contributed by atoms with Crippen molar-refractivity contribution in [2.75, 3.05) is 5.32 Å². The zero-order chi connectivity index (χ0) is 17.2. The molecule has 0 radical (unpaired) electrons. The normalized spacial score (nSPS) is 10.8. The van der Waals surface area contributed by atoms with Crippen molar-refractivity contribution < 1.29 is 4.79 Å². The fourth-order valence-corrected chi connectivity index (χ4v) is 2.59. The zero-order valence-electron chi connectivity index (χ0n) is 12.8. The van der Waals surface area contributed by atoms with Gasteiger partial charge >= 0.3 is 0 Å². The maximum atomic E-state index is 12.3. The average Bonchev–Trinajstić information content (AvgIpc) is 3.12. The van der Waals surface area contributed by atoms with E-state index < -0.39 is 5.91 Å². The fraction of sp³-hybridized carbons (Fsp3) is 0. The first kappa shape index (κ1) is 15.4. The smallest absolute Gasteiger partial charge is 0.297 e. The molecule has 7 nitrogen and oxygen atoms in total. The van der Waals surface area contributed by atoms with Crippen molar-refractivity contribution in [3.05, 3.63) is 71.1 Å². The van der Waals surface area contributed by atoms with Gasteiger partial charge in [-0.05, 0) is 53.7 Å². The predicted molar refractivity (Wildman–Crippen MR) is 96.6 cm³/mol. The minimum absolute atomic E-state index is 0.00537. The summed E-state index contributed by atoms with van der Waals surface area (Å²) in [5, 5.41) is 15.6. The van der Waals surface area contributed by atoms with Gasteiger partial charge in [0, 0.05) is 21.7 Å². The van der Waals surface area contributed by atoms with Gasteiger partial charge in [0.2, 0.25) is 0 Å². The van der Waals surface area contributed by atoms with Crippen LogP contribution in [0.4, 0.5) is 5.69 Å². The molecule has 0 aliphatic heterocycles. The van der Waals surface area contributed by atoms with Crippen LogP contribution in [0, 0.1) is 0 Å². The predicted octanol–water partition coefficient (Wildman–Crippen LogP) is 3.23. The van der Waals surface area contributed by atoms with Crippen molar-refractivity contribution in [3.8, 4) is 5.69 Å². The van der Waals surface area contributed by atoms with Crippen LogP contribution in [0.3, 0.4) is 0 Å². The minimum atomic E-state index is -0.424. The lowest BCUT2D eigenvalue weighted by atomic mass is 10.2. The largest absolute Gasteiger partial charge is 0.319 e. The van der Waals surface area contributed by atoms with Gasteiger partial charge in [0.25, 0.3) is 11.7 Å². The summed E-state index contributed by atoms with van der Waals surface area (Å²) >= 11 is 3.37. The number of fused-ring (bicyclic) bond motifs is 1. The number of carbonyl (C=O) groups excluding carboxylic acids is 1. The third-order valence-corrected chi connectivity index (χ3v) is 4.06. The molecule has 2 heterocycles. The minimum Gasteiger partial charge on any atom is -0.319 e. The van der Waals surface area contributed by atoms with Gasteiger partial charge in [-0.15, -0.1) is 15.0 Å². The van der Waals surface area contributed by atoms with E-state index in [2.05, 4.69) is 41.6 Å². The highest BCUT2D eigenvalue weighted by Crippen LogP contribution is 2.17. The van der Waals surface area contributed by atoms with Crippen LogP contribution in [0.2, 0.25) is 0 Å². The van der Waals surface area contributed by atoms with Crippen LogP contribution < -0.4 is 5.32 Å². The number of hydrogen-bond donors (Lipinski definition) is 1. The molecule has 0 bridgehead atoms.